The molecule has 0 saturated carbocycles. The molecule has 5 nitrogen and oxygen atoms in total. The van der Waals surface area contributed by atoms with Gasteiger partial charge in [0.2, 0.25) is 15.9 Å². The smallest absolute Gasteiger partial charge is 0.247 e. The van der Waals surface area contributed by atoms with Crippen molar-refractivity contribution in [3.8, 4) is 0 Å². The zero-order chi connectivity index (χ0) is 18.8. The molecule has 0 saturated heterocycles. The maximum Gasteiger partial charge on any atom is 0.247 e. The monoisotopic (exact) mass is 512 g/mol. The van der Waals surface area contributed by atoms with E-state index in [1.807, 2.05) is 12.1 Å². The minimum Gasteiger partial charge on any atom is -0.324 e. The zero-order valence-electron chi connectivity index (χ0n) is 13.3. The van der Waals surface area contributed by atoms with Crippen molar-refractivity contribution in [2.45, 2.75) is 13.0 Å². The number of rotatable bonds is 5. The van der Waals surface area contributed by atoms with E-state index >= 15 is 0 Å². The van der Waals surface area contributed by atoms with E-state index in [0.29, 0.717) is 10.7 Å². The van der Waals surface area contributed by atoms with Crippen LogP contribution >= 0.6 is 45.8 Å². The molecule has 1 atom stereocenters. The van der Waals surface area contributed by atoms with Crippen LogP contribution in [0.5, 0.6) is 0 Å². The molecular formula is C16H15Cl2IN2O3S. The van der Waals surface area contributed by atoms with E-state index in [1.165, 1.54) is 19.1 Å². The van der Waals surface area contributed by atoms with Crippen molar-refractivity contribution in [2.24, 2.45) is 0 Å². The van der Waals surface area contributed by atoms with E-state index in [9.17, 15) is 13.2 Å². The molecule has 134 valence electrons. The van der Waals surface area contributed by atoms with E-state index < -0.39 is 22.0 Å². The molecule has 2 aromatic carbocycles. The predicted octanol–water partition coefficient (Wildman–Crippen LogP) is 4.39. The zero-order valence-corrected chi connectivity index (χ0v) is 17.8. The van der Waals surface area contributed by atoms with Gasteiger partial charge in [-0.2, -0.15) is 0 Å². The maximum atomic E-state index is 12.6. The molecule has 0 unspecified atom stereocenters. The van der Waals surface area contributed by atoms with Crippen LogP contribution in [0.3, 0.4) is 0 Å². The highest BCUT2D eigenvalue weighted by atomic mass is 127. The van der Waals surface area contributed by atoms with Gasteiger partial charge in [0.05, 0.1) is 17.0 Å². The number of anilines is 2. The first-order chi connectivity index (χ1) is 11.6. The summed E-state index contributed by atoms with van der Waals surface area (Å²) in [7, 11) is -3.77. The topological polar surface area (TPSA) is 66.5 Å². The lowest BCUT2D eigenvalue weighted by molar-refractivity contribution is -0.116. The number of amides is 1. The third kappa shape index (κ3) is 5.22. The van der Waals surface area contributed by atoms with E-state index in [1.54, 1.807) is 18.2 Å². The molecule has 0 aromatic heterocycles. The molecule has 0 fully saturated rings. The van der Waals surface area contributed by atoms with Crippen molar-refractivity contribution in [1.82, 2.24) is 0 Å². The van der Waals surface area contributed by atoms with Gasteiger partial charge < -0.3 is 5.32 Å². The summed E-state index contributed by atoms with van der Waals surface area (Å²) in [5.41, 5.74) is 0.727. The van der Waals surface area contributed by atoms with Crippen molar-refractivity contribution >= 4 is 73.1 Å². The van der Waals surface area contributed by atoms with E-state index in [-0.39, 0.29) is 10.7 Å². The summed E-state index contributed by atoms with van der Waals surface area (Å²) in [6, 6.07) is 10.6. The fraction of sp³-hybridized carbons (Fsp3) is 0.188. The molecule has 25 heavy (non-hydrogen) atoms. The van der Waals surface area contributed by atoms with Crippen LogP contribution in [0.2, 0.25) is 10.0 Å². The number of carbonyl (C=O) groups is 1. The van der Waals surface area contributed by atoms with Crippen LogP contribution in [-0.2, 0) is 14.8 Å². The third-order valence-corrected chi connectivity index (χ3v) is 5.85. The number of sulfonamides is 1. The Morgan fingerprint density at radius 2 is 1.76 bits per heavy atom. The fourth-order valence-corrected chi connectivity index (χ4v) is 4.18. The molecule has 0 bridgehead atoms. The van der Waals surface area contributed by atoms with Gasteiger partial charge >= 0.3 is 0 Å². The summed E-state index contributed by atoms with van der Waals surface area (Å²) in [6.45, 7) is 1.49. The van der Waals surface area contributed by atoms with Gasteiger partial charge in [-0.1, -0.05) is 23.2 Å². The summed E-state index contributed by atoms with van der Waals surface area (Å²) >= 11 is 14.2. The van der Waals surface area contributed by atoms with Crippen LogP contribution < -0.4 is 9.62 Å². The predicted molar refractivity (Wildman–Crippen MR) is 111 cm³/mol. The van der Waals surface area contributed by atoms with Crippen molar-refractivity contribution in [3.05, 3.63) is 56.1 Å². The maximum absolute atomic E-state index is 12.6. The van der Waals surface area contributed by atoms with E-state index in [2.05, 4.69) is 27.9 Å². The number of nitrogens with zero attached hydrogens (tertiary/aromatic N) is 1. The van der Waals surface area contributed by atoms with E-state index in [0.717, 1.165) is 14.1 Å². The van der Waals surface area contributed by atoms with Gasteiger partial charge in [-0.25, -0.2) is 8.42 Å². The van der Waals surface area contributed by atoms with Gasteiger partial charge in [-0.3, -0.25) is 9.10 Å². The molecule has 0 aliphatic heterocycles. The average molecular weight is 513 g/mol. The molecule has 0 aliphatic rings. The third-order valence-electron chi connectivity index (χ3n) is 3.35. The van der Waals surface area contributed by atoms with Gasteiger partial charge in [-0.05, 0) is 72.0 Å². The molecule has 0 radical (unpaired) electrons. The molecule has 1 amide bonds. The van der Waals surface area contributed by atoms with Gasteiger partial charge in [0.1, 0.15) is 6.04 Å². The lowest BCUT2D eigenvalue weighted by Crippen LogP contribution is -2.45. The van der Waals surface area contributed by atoms with Gasteiger partial charge in [0, 0.05) is 14.3 Å². The Balaban J connectivity index is 2.36. The molecule has 9 heteroatoms. The molecule has 2 rings (SSSR count). The Labute approximate surface area is 170 Å². The first-order valence-electron chi connectivity index (χ1n) is 7.10. The van der Waals surface area contributed by atoms with Crippen molar-refractivity contribution < 1.29 is 13.2 Å². The van der Waals surface area contributed by atoms with Crippen LogP contribution in [0.15, 0.2) is 42.5 Å². The molecular weight excluding hydrogens is 498 g/mol. The number of nitrogens with one attached hydrogen (secondary N) is 1. The summed E-state index contributed by atoms with van der Waals surface area (Å²) in [5.74, 6) is -0.484. The second kappa shape index (κ2) is 8.11. The highest BCUT2D eigenvalue weighted by Gasteiger charge is 2.30. The second-order valence-electron chi connectivity index (χ2n) is 5.33. The lowest BCUT2D eigenvalue weighted by Gasteiger charge is -2.29. The number of benzene rings is 2. The first kappa shape index (κ1) is 20.3. The average Bonchev–Trinajstić information content (AvgIpc) is 2.51. The van der Waals surface area contributed by atoms with Crippen LogP contribution in [0.25, 0.3) is 0 Å². The molecule has 0 heterocycles. The van der Waals surface area contributed by atoms with Crippen LogP contribution in [0.1, 0.15) is 6.92 Å². The normalized spacial score (nSPS) is 12.5. The van der Waals surface area contributed by atoms with Crippen LogP contribution in [-0.4, -0.2) is 26.6 Å². The van der Waals surface area contributed by atoms with Crippen molar-refractivity contribution in [3.63, 3.8) is 0 Å². The van der Waals surface area contributed by atoms with Gasteiger partial charge in [0.15, 0.2) is 0 Å². The molecule has 1 N–H and O–H groups in total. The summed E-state index contributed by atoms with van der Waals surface area (Å²) in [5, 5.41) is 3.20. The lowest BCUT2D eigenvalue weighted by atomic mass is 10.2. The number of carbonyl (C=O) groups excluding carboxylic acids is 1. The number of hydrogen-bond acceptors (Lipinski definition) is 3. The minimum absolute atomic E-state index is 0.155. The Kier molecular flexibility index (Phi) is 6.58. The highest BCUT2D eigenvalue weighted by molar-refractivity contribution is 14.1. The molecule has 0 aliphatic carbocycles. The van der Waals surface area contributed by atoms with Crippen LogP contribution in [0, 0.1) is 3.57 Å². The number of halogens is 3. The molecule has 0 spiro atoms. The van der Waals surface area contributed by atoms with Crippen molar-refractivity contribution in [1.29, 1.82) is 0 Å². The Bertz CT molecular complexity index is 889. The van der Waals surface area contributed by atoms with Gasteiger partial charge in [0.25, 0.3) is 0 Å². The van der Waals surface area contributed by atoms with Crippen molar-refractivity contribution in [2.75, 3.05) is 15.9 Å². The Morgan fingerprint density at radius 1 is 1.16 bits per heavy atom. The van der Waals surface area contributed by atoms with Crippen LogP contribution in [0.4, 0.5) is 11.4 Å². The SMILES string of the molecule is C[C@H](C(=O)Nc1ccc(I)cc1)N(c1cc(Cl)ccc1Cl)S(C)(=O)=O. The largest absolute Gasteiger partial charge is 0.324 e. The minimum atomic E-state index is -3.77. The quantitative estimate of drug-likeness (QED) is 0.604. The first-order valence-corrected chi connectivity index (χ1v) is 10.8. The van der Waals surface area contributed by atoms with E-state index in [4.69, 9.17) is 23.2 Å². The Morgan fingerprint density at radius 3 is 2.32 bits per heavy atom. The van der Waals surface area contributed by atoms with Gasteiger partial charge in [-0.15, -0.1) is 0 Å². The summed E-state index contributed by atoms with van der Waals surface area (Å²) < 4.78 is 26.5. The number of hydrogen-bond donors (Lipinski definition) is 1. The highest BCUT2D eigenvalue weighted by Crippen LogP contribution is 2.32. The molecule has 2 aromatic rings. The Hall–Kier alpha value is -1.03. The second-order valence-corrected chi connectivity index (χ2v) is 9.28. The standard InChI is InChI=1S/C16H15Cl2IN2O3S/c1-10(16(22)20-13-6-4-12(19)5-7-13)21(25(2,23)24)15-9-11(17)3-8-14(15)18/h3-10H,1-2H3,(H,20,22)/t10-/m1/s1. The fourth-order valence-electron chi connectivity index (χ4n) is 2.22. The summed E-state index contributed by atoms with van der Waals surface area (Å²) in [4.78, 5) is 12.6. The summed E-state index contributed by atoms with van der Waals surface area (Å²) in [6.07, 6.45) is 1.01.